The van der Waals surface area contributed by atoms with E-state index in [0.29, 0.717) is 0 Å². The highest BCUT2D eigenvalue weighted by Crippen LogP contribution is 2.27. The van der Waals surface area contributed by atoms with Crippen LogP contribution >= 0.6 is 0 Å². The standard InChI is InChI=1S/C8H16O.C4H10.C3H7NO.C2H6/c1-6-3-7(2)5-8(9)4-6;1-4(2)3;1-3(5)4-2;1-2/h6-9H,3-5H2,1-2H3;4H,1-3H3;4-5H,1H2,2H3;1-2H3. The van der Waals surface area contributed by atoms with Crippen molar-refractivity contribution in [2.45, 2.75) is 73.8 Å². The van der Waals surface area contributed by atoms with E-state index in [-0.39, 0.29) is 12.0 Å². The Morgan fingerprint density at radius 2 is 1.30 bits per heavy atom. The van der Waals surface area contributed by atoms with Crippen LogP contribution in [0.15, 0.2) is 12.5 Å². The fourth-order valence-corrected chi connectivity index (χ4v) is 1.90. The minimum absolute atomic E-state index is 0.00463. The highest BCUT2D eigenvalue weighted by molar-refractivity contribution is 4.73. The van der Waals surface area contributed by atoms with Crippen LogP contribution in [0, 0.1) is 17.8 Å². The molecule has 0 amide bonds. The van der Waals surface area contributed by atoms with Crippen LogP contribution in [-0.2, 0) is 0 Å². The zero-order valence-corrected chi connectivity index (χ0v) is 15.0. The maximum atomic E-state index is 9.25. The van der Waals surface area contributed by atoms with Crippen molar-refractivity contribution in [3.8, 4) is 0 Å². The SMILES string of the molecule is C=C(O)NC.CC.CC(C)C.CC1CC(C)CC(O)C1. The topological polar surface area (TPSA) is 52.5 Å². The second kappa shape index (κ2) is 16.4. The van der Waals surface area contributed by atoms with E-state index in [1.165, 1.54) is 6.42 Å². The largest absolute Gasteiger partial charge is 0.495 e. The number of aliphatic hydroxyl groups is 2. The molecule has 0 radical (unpaired) electrons. The summed E-state index contributed by atoms with van der Waals surface area (Å²) in [6, 6.07) is 0. The third-order valence-corrected chi connectivity index (χ3v) is 2.44. The highest BCUT2D eigenvalue weighted by Gasteiger charge is 2.21. The van der Waals surface area contributed by atoms with Gasteiger partial charge in [-0.2, -0.15) is 0 Å². The lowest BCUT2D eigenvalue weighted by molar-refractivity contribution is 0.0804. The third-order valence-electron chi connectivity index (χ3n) is 2.44. The summed E-state index contributed by atoms with van der Waals surface area (Å²) in [6.45, 7) is 18.1. The summed E-state index contributed by atoms with van der Waals surface area (Å²) in [7, 11) is 1.60. The Morgan fingerprint density at radius 3 is 1.45 bits per heavy atom. The van der Waals surface area contributed by atoms with Crippen LogP contribution in [0.5, 0.6) is 0 Å². The fourth-order valence-electron chi connectivity index (χ4n) is 1.90. The summed E-state index contributed by atoms with van der Waals surface area (Å²) in [4.78, 5) is 0. The van der Waals surface area contributed by atoms with E-state index in [2.05, 4.69) is 46.5 Å². The Labute approximate surface area is 127 Å². The molecule has 2 atom stereocenters. The van der Waals surface area contributed by atoms with Gasteiger partial charge in [-0.1, -0.05) is 48.5 Å². The smallest absolute Gasteiger partial charge is 0.176 e. The zero-order valence-electron chi connectivity index (χ0n) is 15.0. The van der Waals surface area contributed by atoms with Crippen molar-refractivity contribution in [3.63, 3.8) is 0 Å². The predicted octanol–water partition coefficient (Wildman–Crippen LogP) is 4.73. The van der Waals surface area contributed by atoms with Crippen molar-refractivity contribution in [2.24, 2.45) is 17.8 Å². The van der Waals surface area contributed by atoms with E-state index in [9.17, 15) is 5.11 Å². The van der Waals surface area contributed by atoms with Gasteiger partial charge in [-0.25, -0.2) is 0 Å². The lowest BCUT2D eigenvalue weighted by Crippen LogP contribution is -2.22. The normalized spacial score (nSPS) is 24.0. The van der Waals surface area contributed by atoms with Gasteiger partial charge in [0.25, 0.3) is 0 Å². The van der Waals surface area contributed by atoms with E-state index >= 15 is 0 Å². The molecule has 0 aliphatic heterocycles. The van der Waals surface area contributed by atoms with Gasteiger partial charge in [-0.05, 0) is 43.6 Å². The molecule has 1 rings (SSSR count). The Hall–Kier alpha value is -0.700. The van der Waals surface area contributed by atoms with Gasteiger partial charge >= 0.3 is 0 Å². The summed E-state index contributed by atoms with van der Waals surface area (Å²) >= 11 is 0. The first-order valence-electron chi connectivity index (χ1n) is 7.92. The molecule has 124 valence electrons. The van der Waals surface area contributed by atoms with Crippen molar-refractivity contribution in [1.29, 1.82) is 0 Å². The molecule has 0 aromatic heterocycles. The van der Waals surface area contributed by atoms with Gasteiger partial charge in [0.2, 0.25) is 0 Å². The Kier molecular flexibility index (Phi) is 19.9. The summed E-state index contributed by atoms with van der Waals surface area (Å²) in [5.74, 6) is 2.32. The molecule has 1 fully saturated rings. The van der Waals surface area contributed by atoms with Crippen LogP contribution in [-0.4, -0.2) is 23.4 Å². The maximum Gasteiger partial charge on any atom is 0.176 e. The highest BCUT2D eigenvalue weighted by atomic mass is 16.3. The summed E-state index contributed by atoms with van der Waals surface area (Å²) in [6.07, 6.45) is 3.33. The molecule has 2 unspecified atom stereocenters. The quantitative estimate of drug-likeness (QED) is 0.612. The van der Waals surface area contributed by atoms with Gasteiger partial charge in [-0.15, -0.1) is 0 Å². The van der Waals surface area contributed by atoms with Crippen molar-refractivity contribution in [2.75, 3.05) is 7.05 Å². The van der Waals surface area contributed by atoms with Crippen LogP contribution < -0.4 is 5.32 Å². The minimum Gasteiger partial charge on any atom is -0.495 e. The Morgan fingerprint density at radius 1 is 1.05 bits per heavy atom. The Balaban J connectivity index is -0.000000226. The molecule has 20 heavy (non-hydrogen) atoms. The van der Waals surface area contributed by atoms with Crippen molar-refractivity contribution >= 4 is 0 Å². The molecule has 0 aromatic carbocycles. The van der Waals surface area contributed by atoms with Crippen molar-refractivity contribution in [3.05, 3.63) is 12.5 Å². The van der Waals surface area contributed by atoms with Crippen LogP contribution in [0.1, 0.15) is 67.7 Å². The lowest BCUT2D eigenvalue weighted by Gasteiger charge is -2.27. The van der Waals surface area contributed by atoms with Crippen LogP contribution in [0.25, 0.3) is 0 Å². The molecular formula is C17H39NO2. The maximum absolute atomic E-state index is 9.25. The second-order valence-corrected chi connectivity index (χ2v) is 6.00. The number of hydrogen-bond donors (Lipinski definition) is 3. The first-order valence-corrected chi connectivity index (χ1v) is 7.92. The lowest BCUT2D eigenvalue weighted by atomic mass is 9.82. The number of nitrogens with one attached hydrogen (secondary N) is 1. The third kappa shape index (κ3) is 26.0. The molecule has 0 saturated heterocycles. The predicted molar refractivity (Wildman–Crippen MR) is 90.9 cm³/mol. The van der Waals surface area contributed by atoms with Gasteiger partial charge in [0.15, 0.2) is 5.88 Å². The molecule has 0 aromatic rings. The number of aliphatic hydroxyl groups excluding tert-OH is 2. The summed E-state index contributed by atoms with van der Waals surface area (Å²) in [5.41, 5.74) is 0. The van der Waals surface area contributed by atoms with E-state index in [4.69, 9.17) is 5.11 Å². The molecule has 0 bridgehead atoms. The van der Waals surface area contributed by atoms with Gasteiger partial charge in [0.05, 0.1) is 6.10 Å². The van der Waals surface area contributed by atoms with Gasteiger partial charge in [0.1, 0.15) is 0 Å². The average Bonchev–Trinajstić information content (AvgIpc) is 2.29. The summed E-state index contributed by atoms with van der Waals surface area (Å²) in [5, 5.41) is 19.7. The van der Waals surface area contributed by atoms with Crippen LogP contribution in [0.2, 0.25) is 0 Å². The first kappa shape index (κ1) is 24.3. The average molecular weight is 290 g/mol. The molecule has 0 heterocycles. The van der Waals surface area contributed by atoms with Crippen LogP contribution in [0.4, 0.5) is 0 Å². The minimum atomic E-state index is -0.0104. The zero-order chi connectivity index (χ0) is 16.7. The van der Waals surface area contributed by atoms with E-state index in [0.717, 1.165) is 30.6 Å². The van der Waals surface area contributed by atoms with Crippen molar-refractivity contribution in [1.82, 2.24) is 5.32 Å². The van der Waals surface area contributed by atoms with E-state index in [1.807, 2.05) is 13.8 Å². The molecule has 1 aliphatic carbocycles. The first-order chi connectivity index (χ1) is 9.18. The summed E-state index contributed by atoms with van der Waals surface area (Å²) < 4.78 is 0. The molecular weight excluding hydrogens is 250 g/mol. The van der Waals surface area contributed by atoms with Crippen molar-refractivity contribution < 1.29 is 10.2 Å². The molecule has 1 aliphatic rings. The van der Waals surface area contributed by atoms with E-state index < -0.39 is 0 Å². The molecule has 3 nitrogen and oxygen atoms in total. The number of rotatable bonds is 1. The van der Waals surface area contributed by atoms with E-state index in [1.54, 1.807) is 7.05 Å². The van der Waals surface area contributed by atoms with Gasteiger partial charge in [0, 0.05) is 7.05 Å². The Bertz CT molecular complexity index is 177. The molecule has 0 spiro atoms. The molecule has 3 heteroatoms. The van der Waals surface area contributed by atoms with Gasteiger partial charge < -0.3 is 15.5 Å². The fraction of sp³-hybridized carbons (Fsp3) is 0.882. The number of hydrogen-bond acceptors (Lipinski definition) is 3. The molecule has 1 saturated carbocycles. The monoisotopic (exact) mass is 289 g/mol. The van der Waals surface area contributed by atoms with Gasteiger partial charge in [-0.3, -0.25) is 0 Å². The molecule has 3 N–H and O–H groups in total. The second-order valence-electron chi connectivity index (χ2n) is 6.00. The van der Waals surface area contributed by atoms with Crippen LogP contribution in [0.3, 0.4) is 0 Å².